The molecule has 4 nitrogen and oxygen atoms in total. The van der Waals surface area contributed by atoms with Crippen LogP contribution in [-0.2, 0) is 20.5 Å². The minimum atomic E-state index is -0.678. The largest absolute Gasteiger partial charge is 0.449 e. The second kappa shape index (κ2) is 6.29. The van der Waals surface area contributed by atoms with E-state index in [0.29, 0.717) is 25.1 Å². The normalized spacial score (nSPS) is 23.5. The molecular formula is C25H21NO3S. The lowest BCUT2D eigenvalue weighted by Gasteiger charge is -2.27. The number of amides is 1. The maximum absolute atomic E-state index is 13.6. The zero-order valence-corrected chi connectivity index (χ0v) is 17.3. The van der Waals surface area contributed by atoms with Crippen molar-refractivity contribution in [2.24, 2.45) is 0 Å². The van der Waals surface area contributed by atoms with E-state index in [2.05, 4.69) is 41.1 Å². The third-order valence-electron chi connectivity index (χ3n) is 6.90. The van der Waals surface area contributed by atoms with Crippen molar-refractivity contribution < 1.29 is 14.3 Å². The minimum Gasteiger partial charge on any atom is -0.449 e. The summed E-state index contributed by atoms with van der Waals surface area (Å²) in [5.74, 6) is -0.104. The highest BCUT2D eigenvalue weighted by Gasteiger charge is 2.57. The van der Waals surface area contributed by atoms with Crippen molar-refractivity contribution >= 4 is 23.2 Å². The maximum Gasteiger partial charge on any atom is 0.339 e. The molecule has 2 aliphatic heterocycles. The lowest BCUT2D eigenvalue weighted by molar-refractivity contribution is -0.134. The van der Waals surface area contributed by atoms with Crippen molar-refractivity contribution in [3.63, 3.8) is 0 Å². The number of nitrogens with zero attached hydrogens (tertiary/aromatic N) is 1. The smallest absolute Gasteiger partial charge is 0.339 e. The average molecular weight is 416 g/mol. The molecule has 30 heavy (non-hydrogen) atoms. The Bertz CT molecular complexity index is 1150. The Balaban J connectivity index is 1.25. The van der Waals surface area contributed by atoms with Crippen molar-refractivity contribution in [1.29, 1.82) is 0 Å². The molecule has 2 aromatic carbocycles. The van der Waals surface area contributed by atoms with Crippen LogP contribution in [0.2, 0.25) is 0 Å². The molecule has 1 saturated carbocycles. The zero-order chi connectivity index (χ0) is 20.3. The van der Waals surface area contributed by atoms with Gasteiger partial charge >= 0.3 is 5.97 Å². The van der Waals surface area contributed by atoms with Crippen molar-refractivity contribution in [3.05, 3.63) is 82.0 Å². The molecule has 3 aliphatic rings. The van der Waals surface area contributed by atoms with E-state index in [4.69, 9.17) is 4.74 Å². The number of carbonyl (C=O) groups is 2. The lowest BCUT2D eigenvalue weighted by atomic mass is 9.91. The van der Waals surface area contributed by atoms with E-state index >= 15 is 0 Å². The molecule has 1 aliphatic carbocycles. The van der Waals surface area contributed by atoms with Gasteiger partial charge in [-0.05, 0) is 52.4 Å². The van der Waals surface area contributed by atoms with Crippen LogP contribution in [0, 0.1) is 0 Å². The fraction of sp³-hybridized carbons (Fsp3) is 0.280. The molecular weight excluding hydrogens is 394 g/mol. The van der Waals surface area contributed by atoms with Gasteiger partial charge < -0.3 is 9.64 Å². The van der Waals surface area contributed by atoms with Crippen LogP contribution in [0.1, 0.15) is 40.7 Å². The standard InChI is InChI=1S/C25H21NO3S/c27-22-20-3-1-2-4-21(20)25(29-22)12-13-26(16-25)23(28)24(10-11-24)19-7-5-17(6-8-19)18-9-14-30-15-18/h1-9,14-15H,10-13,16H2/t25-/m0/s1. The summed E-state index contributed by atoms with van der Waals surface area (Å²) in [7, 11) is 0. The molecule has 0 radical (unpaired) electrons. The van der Waals surface area contributed by atoms with E-state index in [-0.39, 0.29) is 11.9 Å². The number of likely N-dealkylation sites (tertiary alicyclic amines) is 1. The SMILES string of the molecule is O=C1O[C@]2(CCN(C(=O)C3(c4ccc(-c5ccsc5)cc4)CC3)C2)c2ccccc21. The first-order chi connectivity index (χ1) is 14.6. The molecule has 0 unspecified atom stereocenters. The molecule has 6 rings (SSSR count). The van der Waals surface area contributed by atoms with Crippen molar-refractivity contribution in [2.45, 2.75) is 30.3 Å². The lowest BCUT2D eigenvalue weighted by Crippen LogP contribution is -2.40. The molecule has 3 aromatic rings. The summed E-state index contributed by atoms with van der Waals surface area (Å²) in [6.45, 7) is 1.07. The molecule has 1 saturated heterocycles. The first-order valence-electron chi connectivity index (χ1n) is 10.4. The van der Waals surface area contributed by atoms with Crippen molar-refractivity contribution in [1.82, 2.24) is 4.90 Å². The summed E-state index contributed by atoms with van der Waals surface area (Å²) >= 11 is 1.69. The Labute approximate surface area is 179 Å². The Hall–Kier alpha value is -2.92. The van der Waals surface area contributed by atoms with Gasteiger partial charge in [0.25, 0.3) is 0 Å². The van der Waals surface area contributed by atoms with Gasteiger partial charge in [-0.25, -0.2) is 4.79 Å². The van der Waals surface area contributed by atoms with E-state index in [9.17, 15) is 9.59 Å². The highest BCUT2D eigenvalue weighted by atomic mass is 32.1. The maximum atomic E-state index is 13.6. The predicted octanol–water partition coefficient (Wildman–Crippen LogP) is 4.74. The summed E-state index contributed by atoms with van der Waals surface area (Å²) in [5.41, 5.74) is 3.95. The van der Waals surface area contributed by atoms with E-state index in [1.165, 1.54) is 11.1 Å². The highest BCUT2D eigenvalue weighted by molar-refractivity contribution is 7.08. The summed E-state index contributed by atoms with van der Waals surface area (Å²) in [6.07, 6.45) is 2.42. The number of fused-ring (bicyclic) bond motifs is 2. The molecule has 1 amide bonds. The van der Waals surface area contributed by atoms with Crippen LogP contribution in [0.5, 0.6) is 0 Å². The number of benzene rings is 2. The van der Waals surface area contributed by atoms with E-state index in [0.717, 1.165) is 24.0 Å². The van der Waals surface area contributed by atoms with E-state index < -0.39 is 11.0 Å². The van der Waals surface area contributed by atoms with Crippen LogP contribution in [-0.4, -0.2) is 29.9 Å². The monoisotopic (exact) mass is 415 g/mol. The van der Waals surface area contributed by atoms with E-state index in [1.807, 2.05) is 29.2 Å². The van der Waals surface area contributed by atoms with Crippen LogP contribution >= 0.6 is 11.3 Å². The van der Waals surface area contributed by atoms with Gasteiger partial charge in [-0.15, -0.1) is 0 Å². The third-order valence-corrected chi connectivity index (χ3v) is 7.58. The van der Waals surface area contributed by atoms with Crippen molar-refractivity contribution in [2.75, 3.05) is 13.1 Å². The number of hydrogen-bond donors (Lipinski definition) is 0. The summed E-state index contributed by atoms with van der Waals surface area (Å²) in [5, 5.41) is 4.21. The van der Waals surface area contributed by atoms with Crippen LogP contribution in [0.3, 0.4) is 0 Å². The number of ether oxygens (including phenoxy) is 1. The third kappa shape index (κ3) is 2.51. The molecule has 1 spiro atoms. The molecule has 0 N–H and O–H groups in total. The molecule has 150 valence electrons. The summed E-state index contributed by atoms with van der Waals surface area (Å²) in [6, 6.07) is 18.1. The summed E-state index contributed by atoms with van der Waals surface area (Å²) < 4.78 is 5.82. The minimum absolute atomic E-state index is 0.170. The zero-order valence-electron chi connectivity index (χ0n) is 16.5. The fourth-order valence-electron chi connectivity index (χ4n) is 5.07. The van der Waals surface area contributed by atoms with Crippen LogP contribution in [0.4, 0.5) is 0 Å². The number of rotatable bonds is 3. The average Bonchev–Trinajstić information content (AvgIpc) is 3.13. The Kier molecular flexibility index (Phi) is 3.75. The molecule has 2 fully saturated rings. The van der Waals surface area contributed by atoms with Gasteiger partial charge in [0.15, 0.2) is 5.60 Å². The molecule has 1 aromatic heterocycles. The predicted molar refractivity (Wildman–Crippen MR) is 115 cm³/mol. The van der Waals surface area contributed by atoms with Crippen LogP contribution in [0.15, 0.2) is 65.4 Å². The number of hydrogen-bond acceptors (Lipinski definition) is 4. The van der Waals surface area contributed by atoms with Gasteiger partial charge in [0.1, 0.15) is 0 Å². The quantitative estimate of drug-likeness (QED) is 0.580. The van der Waals surface area contributed by atoms with Crippen molar-refractivity contribution in [3.8, 4) is 11.1 Å². The first kappa shape index (κ1) is 17.9. The Morgan fingerprint density at radius 3 is 2.50 bits per heavy atom. The summed E-state index contributed by atoms with van der Waals surface area (Å²) in [4.78, 5) is 27.8. The van der Waals surface area contributed by atoms with Crippen LogP contribution < -0.4 is 0 Å². The van der Waals surface area contributed by atoms with Crippen LogP contribution in [0.25, 0.3) is 11.1 Å². The molecule has 5 heteroatoms. The highest BCUT2D eigenvalue weighted by Crippen LogP contribution is 2.52. The topological polar surface area (TPSA) is 46.6 Å². The Morgan fingerprint density at radius 1 is 0.967 bits per heavy atom. The van der Waals surface area contributed by atoms with E-state index in [1.54, 1.807) is 11.3 Å². The number of carbonyl (C=O) groups excluding carboxylic acids is 2. The Morgan fingerprint density at radius 2 is 1.77 bits per heavy atom. The number of thiophene rings is 1. The van der Waals surface area contributed by atoms with Gasteiger partial charge in [0, 0.05) is 18.5 Å². The second-order valence-electron chi connectivity index (χ2n) is 8.58. The van der Waals surface area contributed by atoms with Gasteiger partial charge in [-0.2, -0.15) is 11.3 Å². The van der Waals surface area contributed by atoms with Gasteiger partial charge in [-0.1, -0.05) is 42.5 Å². The second-order valence-corrected chi connectivity index (χ2v) is 9.36. The molecule has 3 heterocycles. The molecule has 0 bridgehead atoms. The van der Waals surface area contributed by atoms with Gasteiger partial charge in [0.05, 0.1) is 17.5 Å². The van der Waals surface area contributed by atoms with Gasteiger partial charge in [0.2, 0.25) is 5.91 Å². The number of esters is 1. The van der Waals surface area contributed by atoms with Gasteiger partial charge in [-0.3, -0.25) is 4.79 Å². The first-order valence-corrected chi connectivity index (χ1v) is 11.3. The molecule has 1 atom stereocenters. The fourth-order valence-corrected chi connectivity index (χ4v) is 5.73.